The van der Waals surface area contributed by atoms with E-state index < -0.39 is 0 Å². The molecule has 0 aromatic heterocycles. The molecular formula is C15H29NO2. The van der Waals surface area contributed by atoms with E-state index in [1.54, 1.807) is 0 Å². The smallest absolute Gasteiger partial charge is 0.134 e. The summed E-state index contributed by atoms with van der Waals surface area (Å²) in [5, 5.41) is 0. The molecule has 1 heterocycles. The van der Waals surface area contributed by atoms with Crippen LogP contribution in [-0.2, 0) is 9.53 Å². The zero-order chi connectivity index (χ0) is 13.2. The molecule has 0 amide bonds. The second-order valence-electron chi connectivity index (χ2n) is 5.59. The van der Waals surface area contributed by atoms with E-state index in [4.69, 9.17) is 10.5 Å². The zero-order valence-corrected chi connectivity index (χ0v) is 11.8. The molecule has 0 aromatic rings. The zero-order valence-electron chi connectivity index (χ0n) is 11.8. The quantitative estimate of drug-likeness (QED) is 0.644. The Bertz CT molecular complexity index is 225. The van der Waals surface area contributed by atoms with Crippen LogP contribution in [0.1, 0.15) is 64.7 Å². The van der Waals surface area contributed by atoms with Gasteiger partial charge >= 0.3 is 0 Å². The first-order chi connectivity index (χ1) is 8.72. The van der Waals surface area contributed by atoms with Gasteiger partial charge in [-0.05, 0) is 31.6 Å². The molecule has 18 heavy (non-hydrogen) atoms. The minimum absolute atomic E-state index is 0.0815. The van der Waals surface area contributed by atoms with Gasteiger partial charge in [0.05, 0.1) is 0 Å². The Balaban J connectivity index is 1.97. The number of ketones is 1. The van der Waals surface area contributed by atoms with Crippen molar-refractivity contribution in [1.82, 2.24) is 0 Å². The first-order valence-electron chi connectivity index (χ1n) is 7.57. The monoisotopic (exact) mass is 255 g/mol. The number of rotatable bonds is 9. The summed E-state index contributed by atoms with van der Waals surface area (Å²) in [5.74, 6) is 1.18. The van der Waals surface area contributed by atoms with Gasteiger partial charge in [-0.15, -0.1) is 0 Å². The van der Waals surface area contributed by atoms with Crippen LogP contribution in [0.5, 0.6) is 0 Å². The van der Waals surface area contributed by atoms with Crippen LogP contribution in [0.25, 0.3) is 0 Å². The summed E-state index contributed by atoms with van der Waals surface area (Å²) in [5.41, 5.74) is 5.87. The van der Waals surface area contributed by atoms with E-state index in [-0.39, 0.29) is 6.04 Å². The number of Topliss-reactive ketones (excluding diaryl/α,β-unsaturated/α-hetero) is 1. The molecule has 1 atom stereocenters. The van der Waals surface area contributed by atoms with Crippen LogP contribution < -0.4 is 5.73 Å². The average Bonchev–Trinajstić information content (AvgIpc) is 2.36. The highest BCUT2D eigenvalue weighted by Gasteiger charge is 2.13. The van der Waals surface area contributed by atoms with Crippen LogP contribution >= 0.6 is 0 Å². The number of unbranched alkanes of at least 4 members (excludes halogenated alkanes) is 1. The molecule has 1 fully saturated rings. The van der Waals surface area contributed by atoms with Gasteiger partial charge in [0.1, 0.15) is 5.78 Å². The molecule has 0 aromatic carbocycles. The summed E-state index contributed by atoms with van der Waals surface area (Å²) in [6.07, 6.45) is 9.22. The largest absolute Gasteiger partial charge is 0.381 e. The molecule has 0 saturated carbocycles. The second-order valence-corrected chi connectivity index (χ2v) is 5.59. The lowest BCUT2D eigenvalue weighted by molar-refractivity contribution is -0.119. The Morgan fingerprint density at radius 3 is 2.72 bits per heavy atom. The third-order valence-electron chi connectivity index (χ3n) is 3.81. The molecule has 1 aliphatic heterocycles. The molecule has 0 spiro atoms. The van der Waals surface area contributed by atoms with Gasteiger partial charge in [-0.3, -0.25) is 4.79 Å². The van der Waals surface area contributed by atoms with Crippen molar-refractivity contribution in [2.24, 2.45) is 11.7 Å². The van der Waals surface area contributed by atoms with Gasteiger partial charge in [0.25, 0.3) is 0 Å². The first-order valence-corrected chi connectivity index (χ1v) is 7.57. The van der Waals surface area contributed by atoms with E-state index in [1.165, 1.54) is 25.7 Å². The first kappa shape index (κ1) is 15.6. The lowest BCUT2D eigenvalue weighted by Crippen LogP contribution is -2.23. The van der Waals surface area contributed by atoms with Crippen LogP contribution in [0.15, 0.2) is 0 Å². The van der Waals surface area contributed by atoms with E-state index in [1.807, 2.05) is 0 Å². The molecule has 1 aliphatic rings. The Morgan fingerprint density at radius 2 is 2.06 bits per heavy atom. The van der Waals surface area contributed by atoms with Gasteiger partial charge in [0.15, 0.2) is 0 Å². The van der Waals surface area contributed by atoms with Crippen LogP contribution in [0.3, 0.4) is 0 Å². The van der Waals surface area contributed by atoms with Gasteiger partial charge in [-0.2, -0.15) is 0 Å². The molecule has 1 rings (SSSR count). The van der Waals surface area contributed by atoms with Crippen molar-refractivity contribution >= 4 is 5.78 Å². The summed E-state index contributed by atoms with van der Waals surface area (Å²) >= 11 is 0. The third kappa shape index (κ3) is 7.12. The molecule has 0 radical (unpaired) electrons. The fourth-order valence-electron chi connectivity index (χ4n) is 2.66. The summed E-state index contributed by atoms with van der Waals surface area (Å²) in [7, 11) is 0. The molecule has 106 valence electrons. The van der Waals surface area contributed by atoms with Crippen molar-refractivity contribution in [2.45, 2.75) is 70.8 Å². The van der Waals surface area contributed by atoms with Gasteiger partial charge in [0.2, 0.25) is 0 Å². The van der Waals surface area contributed by atoms with E-state index in [0.717, 1.165) is 44.8 Å². The summed E-state index contributed by atoms with van der Waals surface area (Å²) in [6, 6.07) is 0.0815. The van der Waals surface area contributed by atoms with Gasteiger partial charge in [0, 0.05) is 32.1 Å². The van der Waals surface area contributed by atoms with Crippen molar-refractivity contribution in [3.05, 3.63) is 0 Å². The van der Waals surface area contributed by atoms with Crippen LogP contribution in [0, 0.1) is 5.92 Å². The Kier molecular flexibility index (Phi) is 8.27. The highest BCUT2D eigenvalue weighted by molar-refractivity contribution is 5.78. The maximum Gasteiger partial charge on any atom is 0.134 e. The van der Waals surface area contributed by atoms with Crippen molar-refractivity contribution in [3.63, 3.8) is 0 Å². The van der Waals surface area contributed by atoms with E-state index >= 15 is 0 Å². The van der Waals surface area contributed by atoms with Crippen molar-refractivity contribution < 1.29 is 9.53 Å². The van der Waals surface area contributed by atoms with Crippen molar-refractivity contribution in [3.8, 4) is 0 Å². The lowest BCUT2D eigenvalue weighted by atomic mass is 9.93. The molecule has 1 saturated heterocycles. The molecular weight excluding hydrogens is 226 g/mol. The maximum atomic E-state index is 11.7. The predicted molar refractivity (Wildman–Crippen MR) is 74.5 cm³/mol. The molecule has 0 aliphatic carbocycles. The minimum Gasteiger partial charge on any atom is -0.381 e. The maximum absolute atomic E-state index is 11.7. The van der Waals surface area contributed by atoms with Crippen LogP contribution in [0.2, 0.25) is 0 Å². The number of nitrogens with two attached hydrogens (primary N) is 1. The average molecular weight is 255 g/mol. The normalized spacial score (nSPS) is 18.8. The SMILES string of the molecule is CCCC(N)CC(=O)CCCCC1CCOCC1. The number of carbonyl (C=O) groups excluding carboxylic acids is 1. The number of carbonyl (C=O) groups is 1. The van der Waals surface area contributed by atoms with Crippen molar-refractivity contribution in [2.75, 3.05) is 13.2 Å². The molecule has 3 nitrogen and oxygen atoms in total. The van der Waals surface area contributed by atoms with E-state index in [0.29, 0.717) is 12.2 Å². The van der Waals surface area contributed by atoms with Crippen LogP contribution in [-0.4, -0.2) is 25.0 Å². The van der Waals surface area contributed by atoms with Crippen molar-refractivity contribution in [1.29, 1.82) is 0 Å². The van der Waals surface area contributed by atoms with Gasteiger partial charge in [-0.1, -0.05) is 26.2 Å². The lowest BCUT2D eigenvalue weighted by Gasteiger charge is -2.21. The molecule has 3 heteroatoms. The summed E-state index contributed by atoms with van der Waals surface area (Å²) in [4.78, 5) is 11.7. The van der Waals surface area contributed by atoms with E-state index in [9.17, 15) is 4.79 Å². The number of hydrogen-bond acceptors (Lipinski definition) is 3. The fraction of sp³-hybridized carbons (Fsp3) is 0.933. The number of hydrogen-bond donors (Lipinski definition) is 1. The highest BCUT2D eigenvalue weighted by Crippen LogP contribution is 2.21. The summed E-state index contributed by atoms with van der Waals surface area (Å²) < 4.78 is 5.34. The fourth-order valence-corrected chi connectivity index (χ4v) is 2.66. The van der Waals surface area contributed by atoms with Crippen LogP contribution in [0.4, 0.5) is 0 Å². The predicted octanol–water partition coefficient (Wildman–Crippen LogP) is 3.06. The standard InChI is InChI=1S/C15H29NO2/c1-2-5-14(16)12-15(17)7-4-3-6-13-8-10-18-11-9-13/h13-14H,2-12,16H2,1H3. The molecule has 2 N–H and O–H groups in total. The number of ether oxygens (including phenoxy) is 1. The Hall–Kier alpha value is -0.410. The molecule has 1 unspecified atom stereocenters. The summed E-state index contributed by atoms with van der Waals surface area (Å²) in [6.45, 7) is 3.96. The Labute approximate surface area is 111 Å². The van der Waals surface area contributed by atoms with Gasteiger partial charge < -0.3 is 10.5 Å². The van der Waals surface area contributed by atoms with Gasteiger partial charge in [-0.25, -0.2) is 0 Å². The highest BCUT2D eigenvalue weighted by atomic mass is 16.5. The molecule has 0 bridgehead atoms. The Morgan fingerprint density at radius 1 is 1.33 bits per heavy atom. The van der Waals surface area contributed by atoms with E-state index in [2.05, 4.69) is 6.92 Å². The topological polar surface area (TPSA) is 52.3 Å². The minimum atomic E-state index is 0.0815. The second kappa shape index (κ2) is 9.51. The third-order valence-corrected chi connectivity index (χ3v) is 3.81.